The van der Waals surface area contributed by atoms with Crippen LogP contribution < -0.4 is 5.32 Å². The minimum Gasteiger partial charge on any atom is -0.314 e. The van der Waals surface area contributed by atoms with E-state index >= 15 is 0 Å². The van der Waals surface area contributed by atoms with Crippen LogP contribution in [-0.2, 0) is 0 Å². The van der Waals surface area contributed by atoms with Gasteiger partial charge in [-0.1, -0.05) is 13.0 Å². The van der Waals surface area contributed by atoms with Crippen LogP contribution in [0.4, 0.5) is 0 Å². The van der Waals surface area contributed by atoms with E-state index in [9.17, 15) is 0 Å². The molecule has 1 unspecified atom stereocenters. The number of hydrogen-bond acceptors (Lipinski definition) is 2. The van der Waals surface area contributed by atoms with E-state index in [1.807, 2.05) is 6.08 Å². The Morgan fingerprint density at radius 2 is 2.09 bits per heavy atom. The zero-order chi connectivity index (χ0) is 8.10. The molecule has 1 aliphatic heterocycles. The van der Waals surface area contributed by atoms with Gasteiger partial charge in [0.2, 0.25) is 0 Å². The van der Waals surface area contributed by atoms with Gasteiger partial charge in [-0.2, -0.15) is 0 Å². The fourth-order valence-corrected chi connectivity index (χ4v) is 1.22. The highest BCUT2D eigenvalue weighted by Crippen LogP contribution is 2.06. The van der Waals surface area contributed by atoms with Crippen LogP contribution in [0, 0.1) is 12.5 Å². The molecular formula is C9H17N2. The molecule has 1 saturated heterocycles. The SMILES string of the molecule is C=CC(C)[CH]N1CCNCC1. The van der Waals surface area contributed by atoms with Gasteiger partial charge in [-0.25, -0.2) is 0 Å². The summed E-state index contributed by atoms with van der Waals surface area (Å²) in [6, 6.07) is 0. The number of piperazine rings is 1. The van der Waals surface area contributed by atoms with E-state index in [0.29, 0.717) is 5.92 Å². The van der Waals surface area contributed by atoms with Gasteiger partial charge in [-0.05, 0) is 5.92 Å². The summed E-state index contributed by atoms with van der Waals surface area (Å²) in [6.07, 6.45) is 1.97. The van der Waals surface area contributed by atoms with Crippen molar-refractivity contribution < 1.29 is 0 Å². The predicted molar refractivity (Wildman–Crippen MR) is 48.1 cm³/mol. The van der Waals surface area contributed by atoms with Crippen LogP contribution in [-0.4, -0.2) is 31.1 Å². The molecule has 1 atom stereocenters. The molecule has 1 rings (SSSR count). The molecule has 0 aromatic carbocycles. The first kappa shape index (κ1) is 8.75. The fraction of sp³-hybridized carbons (Fsp3) is 0.667. The van der Waals surface area contributed by atoms with Crippen LogP contribution in [0.2, 0.25) is 0 Å². The standard InChI is InChI=1S/C9H17N2/c1-3-9(2)8-11-6-4-10-5-7-11/h3,8-10H,1,4-7H2,2H3. The Kier molecular flexibility index (Phi) is 3.60. The number of rotatable bonds is 3. The van der Waals surface area contributed by atoms with Crippen LogP contribution in [0.5, 0.6) is 0 Å². The van der Waals surface area contributed by atoms with Crippen molar-refractivity contribution in [2.75, 3.05) is 26.2 Å². The molecule has 0 aliphatic carbocycles. The molecule has 0 saturated carbocycles. The molecule has 1 fully saturated rings. The summed E-state index contributed by atoms with van der Waals surface area (Å²) >= 11 is 0. The third kappa shape index (κ3) is 3.04. The number of nitrogens with one attached hydrogen (secondary N) is 1. The molecule has 11 heavy (non-hydrogen) atoms. The van der Waals surface area contributed by atoms with E-state index in [-0.39, 0.29) is 0 Å². The Labute approximate surface area is 69.3 Å². The zero-order valence-corrected chi connectivity index (χ0v) is 7.21. The summed E-state index contributed by atoms with van der Waals surface area (Å²) in [7, 11) is 0. The third-order valence-electron chi connectivity index (χ3n) is 1.97. The third-order valence-corrected chi connectivity index (χ3v) is 1.97. The molecule has 1 N–H and O–H groups in total. The van der Waals surface area contributed by atoms with Gasteiger partial charge in [0, 0.05) is 32.7 Å². The average Bonchev–Trinajstić information content (AvgIpc) is 2.06. The number of hydrogen-bond donors (Lipinski definition) is 1. The first-order chi connectivity index (χ1) is 5.33. The van der Waals surface area contributed by atoms with Gasteiger partial charge in [0.05, 0.1) is 0 Å². The minimum absolute atomic E-state index is 0.507. The largest absolute Gasteiger partial charge is 0.314 e. The Bertz CT molecular complexity index is 117. The van der Waals surface area contributed by atoms with Gasteiger partial charge in [0.15, 0.2) is 0 Å². The van der Waals surface area contributed by atoms with Crippen molar-refractivity contribution in [3.8, 4) is 0 Å². The monoisotopic (exact) mass is 153 g/mol. The van der Waals surface area contributed by atoms with Gasteiger partial charge in [-0.3, -0.25) is 4.90 Å². The van der Waals surface area contributed by atoms with Gasteiger partial charge >= 0.3 is 0 Å². The lowest BCUT2D eigenvalue weighted by Crippen LogP contribution is -2.42. The number of nitrogens with zero attached hydrogens (tertiary/aromatic N) is 1. The molecule has 1 radical (unpaired) electrons. The summed E-state index contributed by atoms with van der Waals surface area (Å²) in [5.41, 5.74) is 0. The Morgan fingerprint density at radius 1 is 1.45 bits per heavy atom. The predicted octanol–water partition coefficient (Wildman–Crippen LogP) is 0.875. The average molecular weight is 153 g/mol. The van der Waals surface area contributed by atoms with Crippen LogP contribution >= 0.6 is 0 Å². The summed E-state index contributed by atoms with van der Waals surface area (Å²) in [6.45, 7) is 12.7. The Morgan fingerprint density at radius 3 is 2.64 bits per heavy atom. The molecule has 0 bridgehead atoms. The molecular weight excluding hydrogens is 136 g/mol. The smallest absolute Gasteiger partial charge is 0.0318 e. The quantitative estimate of drug-likeness (QED) is 0.605. The molecule has 63 valence electrons. The van der Waals surface area contributed by atoms with Gasteiger partial charge in [0.1, 0.15) is 0 Å². The van der Waals surface area contributed by atoms with Crippen molar-refractivity contribution in [3.05, 3.63) is 19.2 Å². The van der Waals surface area contributed by atoms with Crippen LogP contribution in [0.25, 0.3) is 0 Å². The molecule has 1 heterocycles. The van der Waals surface area contributed by atoms with Crippen molar-refractivity contribution in [2.24, 2.45) is 5.92 Å². The second-order valence-corrected chi connectivity index (χ2v) is 3.03. The Balaban J connectivity index is 2.18. The minimum atomic E-state index is 0.507. The molecule has 2 heteroatoms. The molecule has 2 nitrogen and oxygen atoms in total. The lowest BCUT2D eigenvalue weighted by Gasteiger charge is -2.28. The highest BCUT2D eigenvalue weighted by atomic mass is 15.2. The van der Waals surface area contributed by atoms with Crippen molar-refractivity contribution in [2.45, 2.75) is 6.92 Å². The molecule has 1 aliphatic rings. The van der Waals surface area contributed by atoms with Gasteiger partial charge in [0.25, 0.3) is 0 Å². The summed E-state index contributed by atoms with van der Waals surface area (Å²) in [5, 5.41) is 3.32. The summed E-state index contributed by atoms with van der Waals surface area (Å²) < 4.78 is 0. The lowest BCUT2D eigenvalue weighted by atomic mass is 10.1. The van der Waals surface area contributed by atoms with Crippen LogP contribution in [0.15, 0.2) is 12.7 Å². The maximum absolute atomic E-state index is 3.75. The molecule has 0 amide bonds. The lowest BCUT2D eigenvalue weighted by molar-refractivity contribution is 0.273. The van der Waals surface area contributed by atoms with E-state index in [1.54, 1.807) is 0 Å². The van der Waals surface area contributed by atoms with E-state index in [2.05, 4.69) is 30.3 Å². The van der Waals surface area contributed by atoms with Gasteiger partial charge < -0.3 is 5.32 Å². The maximum Gasteiger partial charge on any atom is 0.0318 e. The summed E-state index contributed by atoms with van der Waals surface area (Å²) in [5.74, 6) is 0.507. The van der Waals surface area contributed by atoms with E-state index in [0.717, 1.165) is 26.2 Å². The van der Waals surface area contributed by atoms with Crippen molar-refractivity contribution in [3.63, 3.8) is 0 Å². The first-order valence-electron chi connectivity index (χ1n) is 4.25. The van der Waals surface area contributed by atoms with E-state index in [1.165, 1.54) is 0 Å². The van der Waals surface area contributed by atoms with E-state index < -0.39 is 0 Å². The normalized spacial score (nSPS) is 23.0. The van der Waals surface area contributed by atoms with Crippen molar-refractivity contribution >= 4 is 0 Å². The van der Waals surface area contributed by atoms with Crippen LogP contribution in [0.3, 0.4) is 0 Å². The Hall–Kier alpha value is -0.340. The fourth-order valence-electron chi connectivity index (χ4n) is 1.22. The first-order valence-corrected chi connectivity index (χ1v) is 4.25. The summed E-state index contributed by atoms with van der Waals surface area (Å²) in [4.78, 5) is 2.36. The molecule has 0 aromatic rings. The van der Waals surface area contributed by atoms with E-state index in [4.69, 9.17) is 0 Å². The molecule has 0 aromatic heterocycles. The van der Waals surface area contributed by atoms with Crippen molar-refractivity contribution in [1.82, 2.24) is 10.2 Å². The maximum atomic E-state index is 3.75. The second-order valence-electron chi connectivity index (χ2n) is 3.03. The zero-order valence-electron chi connectivity index (χ0n) is 7.21. The second kappa shape index (κ2) is 4.52. The van der Waals surface area contributed by atoms with Crippen LogP contribution in [0.1, 0.15) is 6.92 Å². The van der Waals surface area contributed by atoms with Crippen molar-refractivity contribution in [1.29, 1.82) is 0 Å². The van der Waals surface area contributed by atoms with Gasteiger partial charge in [-0.15, -0.1) is 6.58 Å². The highest BCUT2D eigenvalue weighted by Gasteiger charge is 2.10. The topological polar surface area (TPSA) is 15.3 Å². The highest BCUT2D eigenvalue weighted by molar-refractivity contribution is 4.88. The molecule has 0 spiro atoms.